The van der Waals surface area contributed by atoms with Gasteiger partial charge < -0.3 is 15.2 Å². The number of aryl methyl sites for hydroxylation is 1. The minimum atomic E-state index is -0.0493. The number of pyridine rings is 1. The molecule has 1 aliphatic rings. The van der Waals surface area contributed by atoms with Crippen LogP contribution in [0.2, 0.25) is 0 Å². The SMILES string of the molecule is CCN(CC)CCCCc1c(C)[nH]c(/C=C2\C(=O)Nc3ccc(-c4ccc(-c5cccnc5)s4)cc32)c1C. The van der Waals surface area contributed by atoms with Gasteiger partial charge in [-0.25, -0.2) is 0 Å². The molecule has 4 heterocycles. The summed E-state index contributed by atoms with van der Waals surface area (Å²) in [4.78, 5) is 25.6. The van der Waals surface area contributed by atoms with Crippen LogP contribution in [0.3, 0.4) is 0 Å². The molecule has 0 fully saturated rings. The third kappa shape index (κ3) is 5.38. The predicted octanol–water partition coefficient (Wildman–Crippen LogP) is 7.58. The number of anilines is 1. The molecule has 0 spiro atoms. The van der Waals surface area contributed by atoms with Crippen molar-refractivity contribution in [3.8, 4) is 20.9 Å². The minimum absolute atomic E-state index is 0.0493. The summed E-state index contributed by atoms with van der Waals surface area (Å²) in [7, 11) is 0. The predicted molar refractivity (Wildman–Crippen MR) is 160 cm³/mol. The zero-order valence-electron chi connectivity index (χ0n) is 22.7. The van der Waals surface area contributed by atoms with Crippen molar-refractivity contribution < 1.29 is 4.79 Å². The van der Waals surface area contributed by atoms with Gasteiger partial charge in [-0.15, -0.1) is 11.3 Å². The summed E-state index contributed by atoms with van der Waals surface area (Å²) in [5.74, 6) is -0.0493. The Bertz CT molecular complexity index is 1460. The van der Waals surface area contributed by atoms with Gasteiger partial charge in [0.1, 0.15) is 0 Å². The van der Waals surface area contributed by atoms with Gasteiger partial charge in [0, 0.05) is 50.4 Å². The van der Waals surface area contributed by atoms with Crippen LogP contribution in [0.25, 0.3) is 32.5 Å². The fraction of sp³-hybridized carbons (Fsp3) is 0.312. The smallest absolute Gasteiger partial charge is 0.256 e. The molecule has 0 saturated heterocycles. The molecule has 4 aromatic rings. The second-order valence-electron chi connectivity index (χ2n) is 9.93. The number of H-pyrrole nitrogens is 1. The van der Waals surface area contributed by atoms with Crippen molar-refractivity contribution in [3.05, 3.63) is 82.9 Å². The number of rotatable bonds is 10. The second kappa shape index (κ2) is 11.5. The number of nitrogens with one attached hydrogen (secondary N) is 2. The number of hydrogen-bond donors (Lipinski definition) is 2. The first-order chi connectivity index (χ1) is 18.5. The lowest BCUT2D eigenvalue weighted by Crippen LogP contribution is -2.23. The van der Waals surface area contributed by atoms with Crippen molar-refractivity contribution in [2.45, 2.75) is 47.0 Å². The van der Waals surface area contributed by atoms with Crippen LogP contribution >= 0.6 is 11.3 Å². The summed E-state index contributed by atoms with van der Waals surface area (Å²) in [5, 5.41) is 3.05. The Hall–Kier alpha value is -3.48. The van der Waals surface area contributed by atoms with E-state index in [-0.39, 0.29) is 5.91 Å². The first-order valence-corrected chi connectivity index (χ1v) is 14.4. The lowest BCUT2D eigenvalue weighted by Gasteiger charge is -2.17. The standard InChI is InChI=1S/C32H36N4OS/c1-5-36(6-2)17-8-7-11-25-21(3)29(34-22(25)4)19-27-26-18-23(12-13-28(26)35-32(27)37)30-14-15-31(38-30)24-10-9-16-33-20-24/h9-10,12-16,18-20,34H,5-8,11,17H2,1-4H3,(H,35,37)/b27-19-. The van der Waals surface area contributed by atoms with E-state index in [0.29, 0.717) is 5.57 Å². The number of fused-ring (bicyclic) bond motifs is 1. The molecule has 0 aliphatic carbocycles. The second-order valence-corrected chi connectivity index (χ2v) is 11.0. The summed E-state index contributed by atoms with van der Waals surface area (Å²) in [6, 6.07) is 14.6. The van der Waals surface area contributed by atoms with Crippen LogP contribution in [0.15, 0.2) is 54.9 Å². The summed E-state index contributed by atoms with van der Waals surface area (Å²) in [6.45, 7) is 12.1. The highest BCUT2D eigenvalue weighted by Crippen LogP contribution is 2.40. The van der Waals surface area contributed by atoms with Crippen molar-refractivity contribution in [3.63, 3.8) is 0 Å². The number of benzene rings is 1. The van der Waals surface area contributed by atoms with Crippen LogP contribution in [0, 0.1) is 13.8 Å². The van der Waals surface area contributed by atoms with E-state index in [1.165, 1.54) is 39.4 Å². The van der Waals surface area contributed by atoms with E-state index in [1.807, 2.05) is 24.4 Å². The highest BCUT2D eigenvalue weighted by Gasteiger charge is 2.25. The van der Waals surface area contributed by atoms with E-state index in [0.717, 1.165) is 54.1 Å². The summed E-state index contributed by atoms with van der Waals surface area (Å²) in [5.41, 5.74) is 9.61. The van der Waals surface area contributed by atoms with Crippen LogP contribution in [0.4, 0.5) is 5.69 Å². The molecule has 1 amide bonds. The molecule has 0 bridgehead atoms. The van der Waals surface area contributed by atoms with Gasteiger partial charge in [-0.1, -0.05) is 26.0 Å². The van der Waals surface area contributed by atoms with Gasteiger partial charge in [0.15, 0.2) is 0 Å². The van der Waals surface area contributed by atoms with Crippen molar-refractivity contribution in [1.29, 1.82) is 0 Å². The molecule has 5 nitrogen and oxygen atoms in total. The maximum absolute atomic E-state index is 13.0. The first-order valence-electron chi connectivity index (χ1n) is 13.6. The number of hydrogen-bond acceptors (Lipinski definition) is 4. The molecular weight excluding hydrogens is 488 g/mol. The number of nitrogens with zero attached hydrogens (tertiary/aromatic N) is 2. The number of thiophene rings is 1. The highest BCUT2D eigenvalue weighted by molar-refractivity contribution is 7.18. The molecule has 2 N–H and O–H groups in total. The molecule has 0 atom stereocenters. The molecule has 38 heavy (non-hydrogen) atoms. The Morgan fingerprint density at radius 1 is 1.00 bits per heavy atom. The fourth-order valence-electron chi connectivity index (χ4n) is 5.30. The molecule has 0 unspecified atom stereocenters. The number of carbonyl (C=O) groups is 1. The largest absolute Gasteiger partial charge is 0.359 e. The van der Waals surface area contributed by atoms with Crippen molar-refractivity contribution in [2.24, 2.45) is 0 Å². The normalized spacial score (nSPS) is 13.9. The van der Waals surface area contributed by atoms with Gasteiger partial charge >= 0.3 is 0 Å². The third-order valence-electron chi connectivity index (χ3n) is 7.60. The van der Waals surface area contributed by atoms with E-state index in [9.17, 15) is 4.79 Å². The molecule has 5 rings (SSSR count). The van der Waals surface area contributed by atoms with Crippen LogP contribution in [0.1, 0.15) is 54.8 Å². The van der Waals surface area contributed by atoms with Gasteiger partial charge in [0.2, 0.25) is 0 Å². The Morgan fingerprint density at radius 2 is 1.79 bits per heavy atom. The number of amides is 1. The van der Waals surface area contributed by atoms with Crippen LogP contribution < -0.4 is 5.32 Å². The van der Waals surface area contributed by atoms with E-state index >= 15 is 0 Å². The number of aromatic amines is 1. The van der Waals surface area contributed by atoms with E-state index < -0.39 is 0 Å². The molecule has 196 valence electrons. The zero-order chi connectivity index (χ0) is 26.6. The Morgan fingerprint density at radius 3 is 2.53 bits per heavy atom. The number of aromatic nitrogens is 2. The maximum Gasteiger partial charge on any atom is 0.256 e. The molecule has 0 radical (unpaired) electrons. The zero-order valence-corrected chi connectivity index (χ0v) is 23.5. The third-order valence-corrected chi connectivity index (χ3v) is 8.79. The molecule has 1 aromatic carbocycles. The van der Waals surface area contributed by atoms with Crippen LogP contribution in [-0.4, -0.2) is 40.4 Å². The fourth-order valence-corrected chi connectivity index (χ4v) is 6.29. The molecule has 1 aliphatic heterocycles. The summed E-state index contributed by atoms with van der Waals surface area (Å²) < 4.78 is 0. The summed E-state index contributed by atoms with van der Waals surface area (Å²) in [6.07, 6.45) is 9.14. The van der Waals surface area contributed by atoms with Gasteiger partial charge in [0.05, 0.1) is 5.57 Å². The monoisotopic (exact) mass is 524 g/mol. The van der Waals surface area contributed by atoms with E-state index in [1.54, 1.807) is 17.5 Å². The lowest BCUT2D eigenvalue weighted by atomic mass is 10.00. The highest BCUT2D eigenvalue weighted by atomic mass is 32.1. The van der Waals surface area contributed by atoms with Gasteiger partial charge in [-0.05, 0) is 106 Å². The number of carbonyl (C=O) groups excluding carboxylic acids is 1. The van der Waals surface area contributed by atoms with E-state index in [4.69, 9.17) is 0 Å². The molecular formula is C32H36N4OS. The Kier molecular flexibility index (Phi) is 7.91. The Balaban J connectivity index is 1.38. The molecule has 3 aromatic heterocycles. The topological polar surface area (TPSA) is 61.0 Å². The van der Waals surface area contributed by atoms with E-state index in [2.05, 4.69) is 78.2 Å². The average Bonchev–Trinajstić information content (AvgIpc) is 3.62. The minimum Gasteiger partial charge on any atom is -0.359 e. The molecule has 6 heteroatoms. The van der Waals surface area contributed by atoms with Crippen LogP contribution in [0.5, 0.6) is 0 Å². The first kappa shape index (κ1) is 26.1. The quantitative estimate of drug-likeness (QED) is 0.166. The number of unbranched alkanes of at least 4 members (excludes halogenated alkanes) is 1. The molecule has 0 saturated carbocycles. The van der Waals surface area contributed by atoms with Gasteiger partial charge in [0.25, 0.3) is 5.91 Å². The van der Waals surface area contributed by atoms with Crippen LogP contribution in [-0.2, 0) is 11.2 Å². The van der Waals surface area contributed by atoms with Crippen molar-refractivity contribution in [2.75, 3.05) is 25.0 Å². The summed E-state index contributed by atoms with van der Waals surface area (Å²) >= 11 is 1.74. The Labute approximate surface area is 229 Å². The van der Waals surface area contributed by atoms with Gasteiger partial charge in [-0.3, -0.25) is 9.78 Å². The van der Waals surface area contributed by atoms with Gasteiger partial charge in [-0.2, -0.15) is 0 Å². The van der Waals surface area contributed by atoms with Crippen molar-refractivity contribution in [1.82, 2.24) is 14.9 Å². The lowest BCUT2D eigenvalue weighted by molar-refractivity contribution is -0.110. The maximum atomic E-state index is 13.0. The average molecular weight is 525 g/mol. The van der Waals surface area contributed by atoms with Crippen molar-refractivity contribution >= 4 is 34.6 Å².